The quantitative estimate of drug-likeness (QED) is 0.781. The highest BCUT2D eigenvalue weighted by molar-refractivity contribution is 5.36. The van der Waals surface area contributed by atoms with Crippen molar-refractivity contribution < 1.29 is 4.74 Å². The molecule has 1 aliphatic heterocycles. The molecule has 2 rings (SSSR count). The van der Waals surface area contributed by atoms with E-state index in [1.807, 2.05) is 6.07 Å². The van der Waals surface area contributed by atoms with Crippen molar-refractivity contribution in [2.75, 3.05) is 33.3 Å². The maximum absolute atomic E-state index is 5.38. The van der Waals surface area contributed by atoms with Gasteiger partial charge in [0.05, 0.1) is 7.11 Å². The van der Waals surface area contributed by atoms with Gasteiger partial charge in [-0.1, -0.05) is 17.7 Å². The molecule has 0 spiro atoms. The number of ether oxygens (including phenoxy) is 1. The first kappa shape index (κ1) is 13.4. The third-order valence-electron chi connectivity index (χ3n) is 3.55. The van der Waals surface area contributed by atoms with Gasteiger partial charge >= 0.3 is 0 Å². The molecule has 0 aliphatic carbocycles. The Morgan fingerprint density at radius 3 is 2.78 bits per heavy atom. The second-order valence-electron chi connectivity index (χ2n) is 5.04. The summed E-state index contributed by atoms with van der Waals surface area (Å²) in [7, 11) is 1.73. The summed E-state index contributed by atoms with van der Waals surface area (Å²) in [6.07, 6.45) is 2.73. The Balaban J connectivity index is 1.76. The number of nitrogens with one attached hydrogen (secondary N) is 1. The summed E-state index contributed by atoms with van der Waals surface area (Å²) < 4.78 is 5.38. The van der Waals surface area contributed by atoms with Crippen LogP contribution in [0.15, 0.2) is 18.2 Å². The fourth-order valence-corrected chi connectivity index (χ4v) is 2.51. The number of rotatable bonds is 6. The zero-order chi connectivity index (χ0) is 12.8. The second kappa shape index (κ2) is 6.76. The zero-order valence-electron chi connectivity index (χ0n) is 11.5. The highest BCUT2D eigenvalue weighted by atomic mass is 16.5. The maximum atomic E-state index is 5.38. The van der Waals surface area contributed by atoms with Gasteiger partial charge in [-0.05, 0) is 38.9 Å². The number of benzene rings is 1. The van der Waals surface area contributed by atoms with Crippen molar-refractivity contribution >= 4 is 0 Å². The third-order valence-corrected chi connectivity index (χ3v) is 3.55. The van der Waals surface area contributed by atoms with Gasteiger partial charge in [0.1, 0.15) is 5.75 Å². The standard InChI is InChI=1S/C15H24N2O/c1-13-5-6-15(18-2)14(11-13)12-16-7-10-17-8-3-4-9-17/h5-6,11,16H,3-4,7-10,12H2,1-2H3. The van der Waals surface area contributed by atoms with Gasteiger partial charge in [0.25, 0.3) is 0 Å². The van der Waals surface area contributed by atoms with Gasteiger partial charge in [-0.2, -0.15) is 0 Å². The predicted molar refractivity (Wildman–Crippen MR) is 75.1 cm³/mol. The smallest absolute Gasteiger partial charge is 0.123 e. The molecule has 1 N–H and O–H groups in total. The fraction of sp³-hybridized carbons (Fsp3) is 0.600. The minimum atomic E-state index is 0.888. The van der Waals surface area contributed by atoms with E-state index >= 15 is 0 Å². The van der Waals surface area contributed by atoms with Gasteiger partial charge in [0.2, 0.25) is 0 Å². The predicted octanol–water partition coefficient (Wildman–Crippen LogP) is 2.19. The van der Waals surface area contributed by atoms with Gasteiger partial charge in [0, 0.05) is 25.2 Å². The van der Waals surface area contributed by atoms with Crippen molar-refractivity contribution in [2.24, 2.45) is 0 Å². The van der Waals surface area contributed by atoms with Crippen LogP contribution < -0.4 is 10.1 Å². The monoisotopic (exact) mass is 248 g/mol. The van der Waals surface area contributed by atoms with Crippen LogP contribution in [-0.4, -0.2) is 38.2 Å². The number of methoxy groups -OCH3 is 1. The normalized spacial score (nSPS) is 16.1. The van der Waals surface area contributed by atoms with Crippen LogP contribution in [-0.2, 0) is 6.54 Å². The molecule has 1 saturated heterocycles. The topological polar surface area (TPSA) is 24.5 Å². The fourth-order valence-electron chi connectivity index (χ4n) is 2.51. The third kappa shape index (κ3) is 3.72. The Morgan fingerprint density at radius 2 is 2.06 bits per heavy atom. The molecule has 1 aromatic carbocycles. The molecule has 0 atom stereocenters. The molecular weight excluding hydrogens is 224 g/mol. The molecule has 3 nitrogen and oxygen atoms in total. The average Bonchev–Trinajstić information content (AvgIpc) is 2.88. The molecule has 1 fully saturated rings. The van der Waals surface area contributed by atoms with Crippen LogP contribution in [0.5, 0.6) is 5.75 Å². The Bertz CT molecular complexity index is 373. The van der Waals surface area contributed by atoms with Crippen molar-refractivity contribution in [3.63, 3.8) is 0 Å². The molecular formula is C15H24N2O. The molecule has 0 aromatic heterocycles. The lowest BCUT2D eigenvalue weighted by atomic mass is 10.1. The van der Waals surface area contributed by atoms with E-state index in [4.69, 9.17) is 4.74 Å². The highest BCUT2D eigenvalue weighted by Crippen LogP contribution is 2.19. The first-order valence-electron chi connectivity index (χ1n) is 6.86. The SMILES string of the molecule is COc1ccc(C)cc1CNCCN1CCCC1. The van der Waals surface area contributed by atoms with Gasteiger partial charge in [0.15, 0.2) is 0 Å². The summed E-state index contributed by atoms with van der Waals surface area (Å²) in [5, 5.41) is 3.51. The molecule has 1 aromatic rings. The van der Waals surface area contributed by atoms with Crippen LogP contribution in [0.3, 0.4) is 0 Å². The molecule has 1 aliphatic rings. The lowest BCUT2D eigenvalue weighted by Gasteiger charge is -2.15. The summed E-state index contributed by atoms with van der Waals surface area (Å²) in [4.78, 5) is 2.53. The van der Waals surface area contributed by atoms with Crippen molar-refractivity contribution in [1.29, 1.82) is 0 Å². The van der Waals surface area contributed by atoms with Crippen molar-refractivity contribution in [3.8, 4) is 5.75 Å². The van der Waals surface area contributed by atoms with E-state index < -0.39 is 0 Å². The van der Waals surface area contributed by atoms with E-state index in [0.717, 1.165) is 25.4 Å². The maximum Gasteiger partial charge on any atom is 0.123 e. The highest BCUT2D eigenvalue weighted by Gasteiger charge is 2.10. The molecule has 0 unspecified atom stereocenters. The van der Waals surface area contributed by atoms with Gasteiger partial charge < -0.3 is 15.0 Å². The minimum absolute atomic E-state index is 0.888. The van der Waals surface area contributed by atoms with E-state index in [1.54, 1.807) is 7.11 Å². The van der Waals surface area contributed by atoms with E-state index in [2.05, 4.69) is 29.3 Å². The molecule has 0 saturated carbocycles. The number of nitrogens with zero attached hydrogens (tertiary/aromatic N) is 1. The molecule has 0 bridgehead atoms. The Hall–Kier alpha value is -1.06. The summed E-state index contributed by atoms with van der Waals surface area (Å²) in [6, 6.07) is 6.33. The van der Waals surface area contributed by atoms with Gasteiger partial charge in [-0.15, -0.1) is 0 Å². The van der Waals surface area contributed by atoms with Crippen molar-refractivity contribution in [1.82, 2.24) is 10.2 Å². The van der Waals surface area contributed by atoms with Crippen LogP contribution in [0.2, 0.25) is 0 Å². The van der Waals surface area contributed by atoms with Crippen LogP contribution >= 0.6 is 0 Å². The second-order valence-corrected chi connectivity index (χ2v) is 5.04. The lowest BCUT2D eigenvalue weighted by Crippen LogP contribution is -2.29. The van der Waals surface area contributed by atoms with Crippen LogP contribution in [0.4, 0.5) is 0 Å². The van der Waals surface area contributed by atoms with Crippen molar-refractivity contribution in [2.45, 2.75) is 26.3 Å². The van der Waals surface area contributed by atoms with Crippen LogP contribution in [0.1, 0.15) is 24.0 Å². The van der Waals surface area contributed by atoms with Crippen molar-refractivity contribution in [3.05, 3.63) is 29.3 Å². The number of hydrogen-bond donors (Lipinski definition) is 1. The summed E-state index contributed by atoms with van der Waals surface area (Å²) in [5.74, 6) is 0.981. The Kier molecular flexibility index (Phi) is 5.02. The molecule has 1 heterocycles. The largest absolute Gasteiger partial charge is 0.496 e. The number of likely N-dealkylation sites (tertiary alicyclic amines) is 1. The summed E-state index contributed by atoms with van der Waals surface area (Å²) in [6.45, 7) is 7.77. The number of aryl methyl sites for hydroxylation is 1. The molecule has 0 radical (unpaired) electrons. The lowest BCUT2D eigenvalue weighted by molar-refractivity contribution is 0.335. The average molecular weight is 248 g/mol. The van der Waals surface area contributed by atoms with E-state index in [9.17, 15) is 0 Å². The summed E-state index contributed by atoms with van der Waals surface area (Å²) in [5.41, 5.74) is 2.53. The van der Waals surface area contributed by atoms with E-state index in [0.29, 0.717) is 0 Å². The zero-order valence-corrected chi connectivity index (χ0v) is 11.5. The van der Waals surface area contributed by atoms with Gasteiger partial charge in [-0.25, -0.2) is 0 Å². The molecule has 100 valence electrons. The first-order chi connectivity index (χ1) is 8.79. The summed E-state index contributed by atoms with van der Waals surface area (Å²) >= 11 is 0. The number of hydrogen-bond acceptors (Lipinski definition) is 3. The van der Waals surface area contributed by atoms with Crippen LogP contribution in [0, 0.1) is 6.92 Å². The molecule has 18 heavy (non-hydrogen) atoms. The van der Waals surface area contributed by atoms with E-state index in [-0.39, 0.29) is 0 Å². The Morgan fingerprint density at radius 1 is 1.28 bits per heavy atom. The molecule has 0 amide bonds. The molecule has 3 heteroatoms. The van der Waals surface area contributed by atoms with Crippen LogP contribution in [0.25, 0.3) is 0 Å². The minimum Gasteiger partial charge on any atom is -0.496 e. The van der Waals surface area contributed by atoms with Gasteiger partial charge in [-0.3, -0.25) is 0 Å². The van der Waals surface area contributed by atoms with E-state index in [1.165, 1.54) is 37.1 Å². The first-order valence-corrected chi connectivity index (χ1v) is 6.86. The Labute approximate surface area is 110 Å².